The molecule has 0 aliphatic carbocycles. The van der Waals surface area contributed by atoms with Gasteiger partial charge in [0.25, 0.3) is 0 Å². The molecule has 2 aromatic rings. The van der Waals surface area contributed by atoms with E-state index >= 15 is 4.39 Å². The van der Waals surface area contributed by atoms with Crippen LogP contribution in [0.15, 0.2) is 40.9 Å². The molecule has 10 heteroatoms. The Balaban J connectivity index is 2.08. The molecular formula is C22H12BrCl2FN4O2. The highest BCUT2D eigenvalue weighted by Crippen LogP contribution is 2.69. The van der Waals surface area contributed by atoms with Crippen molar-refractivity contribution in [3.63, 3.8) is 0 Å². The number of nitriles is 3. The van der Waals surface area contributed by atoms with Crippen molar-refractivity contribution in [2.24, 2.45) is 16.7 Å². The lowest BCUT2D eigenvalue weighted by atomic mass is 9.53. The number of ether oxygens (including phenoxy) is 2. The Hall–Kier alpha value is -2.67. The van der Waals surface area contributed by atoms with Crippen molar-refractivity contribution >= 4 is 45.0 Å². The van der Waals surface area contributed by atoms with E-state index in [1.807, 2.05) is 18.2 Å². The summed E-state index contributed by atoms with van der Waals surface area (Å²) < 4.78 is 27.6. The Morgan fingerprint density at radius 2 is 1.78 bits per heavy atom. The van der Waals surface area contributed by atoms with Crippen LogP contribution in [-0.2, 0) is 15.3 Å². The van der Waals surface area contributed by atoms with Crippen LogP contribution in [0.2, 0.25) is 10.0 Å². The molecule has 2 aromatic carbocycles. The van der Waals surface area contributed by atoms with E-state index in [1.165, 1.54) is 37.3 Å². The second kappa shape index (κ2) is 7.44. The average molecular weight is 534 g/mol. The Morgan fingerprint density at radius 1 is 1.09 bits per heavy atom. The second-order valence-corrected chi connectivity index (χ2v) is 9.32. The van der Waals surface area contributed by atoms with Crippen LogP contribution in [0, 0.1) is 62.0 Å². The number of fused-ring (bicyclic) bond motifs is 2. The fraction of sp³-hybridized carbons (Fsp3) is 0.273. The molecule has 2 aliphatic rings. The van der Waals surface area contributed by atoms with Crippen molar-refractivity contribution in [1.29, 1.82) is 21.2 Å². The first-order valence-corrected chi connectivity index (χ1v) is 10.8. The highest BCUT2D eigenvalue weighted by atomic mass is 79.9. The smallest absolute Gasteiger partial charge is 0.245 e. The summed E-state index contributed by atoms with van der Waals surface area (Å²) in [5.74, 6) is -4.25. The number of rotatable bonds is 2. The van der Waals surface area contributed by atoms with Crippen molar-refractivity contribution in [2.75, 3.05) is 0 Å². The van der Waals surface area contributed by atoms with E-state index in [0.29, 0.717) is 9.50 Å². The van der Waals surface area contributed by atoms with Crippen LogP contribution in [0.3, 0.4) is 0 Å². The Bertz CT molecular complexity index is 1290. The van der Waals surface area contributed by atoms with Gasteiger partial charge in [-0.1, -0.05) is 52.1 Å². The summed E-state index contributed by atoms with van der Waals surface area (Å²) in [7, 11) is 0. The quantitative estimate of drug-likeness (QED) is 0.508. The van der Waals surface area contributed by atoms with Gasteiger partial charge in [-0.25, -0.2) is 4.39 Å². The van der Waals surface area contributed by atoms with Crippen LogP contribution in [0.25, 0.3) is 0 Å². The highest BCUT2D eigenvalue weighted by molar-refractivity contribution is 9.10. The van der Waals surface area contributed by atoms with Gasteiger partial charge in [0.2, 0.25) is 17.1 Å². The van der Waals surface area contributed by atoms with Crippen LogP contribution in [0.4, 0.5) is 4.39 Å². The lowest BCUT2D eigenvalue weighted by Crippen LogP contribution is -2.57. The summed E-state index contributed by atoms with van der Waals surface area (Å²) >= 11 is 15.6. The second-order valence-electron chi connectivity index (χ2n) is 7.56. The number of nitrogens with one attached hydrogen (secondary N) is 1. The maximum atomic E-state index is 15.1. The van der Waals surface area contributed by atoms with Crippen LogP contribution >= 0.6 is 39.1 Å². The Labute approximate surface area is 201 Å². The molecule has 160 valence electrons. The van der Waals surface area contributed by atoms with Gasteiger partial charge in [-0.3, -0.25) is 5.41 Å². The number of nitrogens with zero attached hydrogens (tertiary/aromatic N) is 3. The molecule has 1 N–H and O–H groups in total. The van der Waals surface area contributed by atoms with Gasteiger partial charge in [0, 0.05) is 20.6 Å². The van der Waals surface area contributed by atoms with Crippen molar-refractivity contribution in [3.8, 4) is 18.2 Å². The van der Waals surface area contributed by atoms with Gasteiger partial charge >= 0.3 is 0 Å². The molecule has 2 heterocycles. The van der Waals surface area contributed by atoms with Crippen LogP contribution in [0.1, 0.15) is 24.2 Å². The summed E-state index contributed by atoms with van der Waals surface area (Å²) in [6.45, 7) is 1.54. The van der Waals surface area contributed by atoms with Gasteiger partial charge in [0.15, 0.2) is 5.41 Å². The number of benzene rings is 2. The zero-order valence-corrected chi connectivity index (χ0v) is 19.4. The first-order chi connectivity index (χ1) is 15.1. The molecule has 2 bridgehead atoms. The van der Waals surface area contributed by atoms with Gasteiger partial charge in [-0.05, 0) is 30.3 Å². The Morgan fingerprint density at radius 3 is 2.34 bits per heavy atom. The molecule has 2 aliphatic heterocycles. The van der Waals surface area contributed by atoms with E-state index in [2.05, 4.69) is 15.9 Å². The van der Waals surface area contributed by atoms with Gasteiger partial charge in [0.1, 0.15) is 11.9 Å². The van der Waals surface area contributed by atoms with E-state index < -0.39 is 40.4 Å². The van der Waals surface area contributed by atoms with E-state index in [9.17, 15) is 15.8 Å². The monoisotopic (exact) mass is 532 g/mol. The molecule has 2 fully saturated rings. The van der Waals surface area contributed by atoms with Crippen LogP contribution < -0.4 is 0 Å². The molecule has 0 amide bonds. The fourth-order valence-electron chi connectivity index (χ4n) is 4.61. The highest BCUT2D eigenvalue weighted by Gasteiger charge is 2.80. The molecule has 6 nitrogen and oxygen atoms in total. The minimum Gasteiger partial charge on any atom is -0.443 e. The third-order valence-corrected chi connectivity index (χ3v) is 7.26. The normalized spacial score (nSPS) is 30.0. The van der Waals surface area contributed by atoms with Gasteiger partial charge < -0.3 is 9.47 Å². The summed E-state index contributed by atoms with van der Waals surface area (Å²) in [4.78, 5) is 0. The third kappa shape index (κ3) is 2.60. The first kappa shape index (κ1) is 22.5. The lowest BCUT2D eigenvalue weighted by molar-refractivity contribution is -0.289. The predicted octanol–water partition coefficient (Wildman–Crippen LogP) is 6.01. The minimum absolute atomic E-state index is 0.127. The van der Waals surface area contributed by atoms with Crippen molar-refractivity contribution in [2.45, 2.75) is 18.8 Å². The predicted molar refractivity (Wildman–Crippen MR) is 116 cm³/mol. The average Bonchev–Trinajstić information content (AvgIpc) is 2.90. The molecule has 0 radical (unpaired) electrons. The molecule has 0 saturated carbocycles. The molecule has 0 aromatic heterocycles. The lowest BCUT2D eigenvalue weighted by Gasteiger charge is -2.49. The molecule has 4 rings (SSSR count). The standard InChI is InChI=1S/C22H12BrCl2FN4O2/c1-11-21(10-29)19(30)32-22(11,15-5-3-13(24)7-16(15)25)31-18(20(21,8-27)9-28)14-4-2-12(23)6-17(14)26/h2-7,11,18,30H,1H3. The number of halogens is 4. The molecule has 4 atom stereocenters. The molecule has 2 saturated heterocycles. The van der Waals surface area contributed by atoms with E-state index in [4.69, 9.17) is 38.1 Å². The minimum atomic E-state index is -2.29. The zero-order chi connectivity index (χ0) is 23.5. The number of hydrogen-bond acceptors (Lipinski definition) is 6. The molecule has 4 unspecified atom stereocenters. The van der Waals surface area contributed by atoms with Gasteiger partial charge in [-0.15, -0.1) is 0 Å². The van der Waals surface area contributed by atoms with Crippen molar-refractivity contribution in [1.82, 2.24) is 0 Å². The first-order valence-electron chi connectivity index (χ1n) is 9.23. The third-order valence-electron chi connectivity index (χ3n) is 6.22. The van der Waals surface area contributed by atoms with Crippen molar-refractivity contribution in [3.05, 3.63) is 67.9 Å². The Kier molecular flexibility index (Phi) is 5.24. The topological polar surface area (TPSA) is 114 Å². The maximum absolute atomic E-state index is 15.1. The SMILES string of the molecule is CC1C2(c3ccc(Cl)cc3Cl)OC(=N)C1(C#N)C(C#N)(C#N)C(c1ccc(Br)cc1F)O2. The van der Waals surface area contributed by atoms with Crippen LogP contribution in [-0.4, -0.2) is 5.90 Å². The van der Waals surface area contributed by atoms with Gasteiger partial charge in [0.05, 0.1) is 29.1 Å². The largest absolute Gasteiger partial charge is 0.443 e. The van der Waals surface area contributed by atoms with E-state index in [1.54, 1.807) is 0 Å². The van der Waals surface area contributed by atoms with Crippen LogP contribution in [0.5, 0.6) is 0 Å². The molecular weight excluding hydrogens is 522 g/mol. The summed E-state index contributed by atoms with van der Waals surface area (Å²) in [5.41, 5.74) is -4.24. The fourth-order valence-corrected chi connectivity index (χ4v) is 5.48. The molecule has 0 spiro atoms. The maximum Gasteiger partial charge on any atom is 0.245 e. The van der Waals surface area contributed by atoms with E-state index in [-0.39, 0.29) is 16.1 Å². The van der Waals surface area contributed by atoms with E-state index in [0.717, 1.165) is 6.07 Å². The summed E-state index contributed by atoms with van der Waals surface area (Å²) in [5, 5.41) is 39.7. The van der Waals surface area contributed by atoms with Crippen molar-refractivity contribution < 1.29 is 13.9 Å². The molecule has 32 heavy (non-hydrogen) atoms. The summed E-state index contributed by atoms with van der Waals surface area (Å²) in [6.07, 6.45) is -1.57. The zero-order valence-electron chi connectivity index (χ0n) is 16.3. The van der Waals surface area contributed by atoms with Gasteiger partial charge in [-0.2, -0.15) is 15.8 Å². The number of hydrogen-bond donors (Lipinski definition) is 1. The summed E-state index contributed by atoms with van der Waals surface area (Å²) in [6, 6.07) is 14.2.